The maximum atomic E-state index is 12.3. The number of thiophene rings is 1. The van der Waals surface area contributed by atoms with Crippen molar-refractivity contribution in [3.05, 3.63) is 36.4 Å². The number of sulfonamides is 1. The second-order valence-corrected chi connectivity index (χ2v) is 8.61. The van der Waals surface area contributed by atoms with Crippen molar-refractivity contribution >= 4 is 77.8 Å². The first-order valence-corrected chi connectivity index (χ1v) is 9.09. The van der Waals surface area contributed by atoms with E-state index in [4.69, 9.17) is 34.8 Å². The highest BCUT2D eigenvalue weighted by molar-refractivity contribution is 9.10. The first-order chi connectivity index (χ1) is 9.22. The van der Waals surface area contributed by atoms with Crippen molar-refractivity contribution < 1.29 is 13.5 Å². The Morgan fingerprint density at radius 2 is 1.85 bits per heavy atom. The van der Waals surface area contributed by atoms with Gasteiger partial charge in [-0.05, 0) is 28.1 Å². The van der Waals surface area contributed by atoms with E-state index < -0.39 is 10.0 Å². The van der Waals surface area contributed by atoms with Crippen LogP contribution in [0.3, 0.4) is 0 Å². The van der Waals surface area contributed by atoms with Gasteiger partial charge in [0.2, 0.25) is 0 Å². The van der Waals surface area contributed by atoms with Gasteiger partial charge in [0, 0.05) is 6.07 Å². The quantitative estimate of drug-likeness (QED) is 0.712. The molecular formula is C10H5BrCl3NO3S2. The van der Waals surface area contributed by atoms with Gasteiger partial charge < -0.3 is 5.11 Å². The van der Waals surface area contributed by atoms with E-state index in [0.717, 1.165) is 11.3 Å². The molecule has 0 bridgehead atoms. The molecule has 2 rings (SSSR count). The summed E-state index contributed by atoms with van der Waals surface area (Å²) in [6, 6.07) is 3.97. The lowest BCUT2D eigenvalue weighted by Crippen LogP contribution is -2.13. The van der Waals surface area contributed by atoms with Gasteiger partial charge in [-0.3, -0.25) is 4.72 Å². The van der Waals surface area contributed by atoms with Crippen molar-refractivity contribution in [2.24, 2.45) is 0 Å². The van der Waals surface area contributed by atoms with E-state index in [1.54, 1.807) is 0 Å². The maximum Gasteiger partial charge on any atom is 0.265 e. The number of aromatic hydroxyl groups is 1. The fourth-order valence-electron chi connectivity index (χ4n) is 1.35. The van der Waals surface area contributed by atoms with Crippen molar-refractivity contribution in [2.45, 2.75) is 4.90 Å². The minimum Gasteiger partial charge on any atom is -0.506 e. The topological polar surface area (TPSA) is 66.4 Å². The molecule has 0 fully saturated rings. The number of phenolic OH excluding ortho intramolecular Hbond substituents is 1. The number of anilines is 1. The highest BCUT2D eigenvalue weighted by Gasteiger charge is 2.26. The Morgan fingerprint density at radius 3 is 2.35 bits per heavy atom. The smallest absolute Gasteiger partial charge is 0.265 e. The van der Waals surface area contributed by atoms with E-state index in [1.807, 2.05) is 0 Å². The lowest BCUT2D eigenvalue weighted by atomic mass is 10.3. The third-order valence-corrected chi connectivity index (χ3v) is 7.36. The van der Waals surface area contributed by atoms with Gasteiger partial charge in [-0.2, -0.15) is 0 Å². The zero-order chi connectivity index (χ0) is 15.1. The first kappa shape index (κ1) is 16.2. The van der Waals surface area contributed by atoms with Crippen molar-refractivity contribution in [3.63, 3.8) is 0 Å². The van der Waals surface area contributed by atoms with E-state index in [-0.39, 0.29) is 34.5 Å². The first-order valence-electron chi connectivity index (χ1n) is 4.87. The number of hydrogen-bond acceptors (Lipinski definition) is 4. The molecule has 20 heavy (non-hydrogen) atoms. The standard InChI is InChI=1S/C10H5BrCl3NO3S2/c11-7-8(10(14)19-9(7)13)20(17,18)15-4-1-2-5(12)6(16)3-4/h1-3,15-16H. The molecule has 2 N–H and O–H groups in total. The molecule has 0 spiro atoms. The minimum atomic E-state index is -3.94. The molecule has 0 atom stereocenters. The van der Waals surface area contributed by atoms with E-state index in [2.05, 4.69) is 20.7 Å². The fourth-order valence-corrected chi connectivity index (χ4v) is 6.08. The zero-order valence-corrected chi connectivity index (χ0v) is 14.8. The average Bonchev–Trinajstić information content (AvgIpc) is 2.58. The van der Waals surface area contributed by atoms with Crippen LogP contribution in [0.25, 0.3) is 0 Å². The van der Waals surface area contributed by atoms with E-state index >= 15 is 0 Å². The van der Waals surface area contributed by atoms with Crippen LogP contribution < -0.4 is 4.72 Å². The van der Waals surface area contributed by atoms with Gasteiger partial charge >= 0.3 is 0 Å². The van der Waals surface area contributed by atoms with Gasteiger partial charge in [-0.1, -0.05) is 34.8 Å². The largest absolute Gasteiger partial charge is 0.506 e. The van der Waals surface area contributed by atoms with Crippen molar-refractivity contribution in [1.29, 1.82) is 0 Å². The predicted octanol–water partition coefficient (Wildman–Crippen LogP) is 4.98. The molecule has 1 aromatic heterocycles. The number of nitrogens with one attached hydrogen (secondary N) is 1. The van der Waals surface area contributed by atoms with Crippen LogP contribution >= 0.6 is 62.1 Å². The van der Waals surface area contributed by atoms with Crippen molar-refractivity contribution in [2.75, 3.05) is 4.72 Å². The minimum absolute atomic E-state index is 0.0348. The molecular weight excluding hydrogens is 433 g/mol. The summed E-state index contributed by atoms with van der Waals surface area (Å²) in [5.41, 5.74) is 0.150. The average molecular weight is 438 g/mol. The Labute approximate surface area is 142 Å². The zero-order valence-electron chi connectivity index (χ0n) is 9.32. The van der Waals surface area contributed by atoms with Crippen LogP contribution in [0.4, 0.5) is 5.69 Å². The monoisotopic (exact) mass is 435 g/mol. The molecule has 1 heterocycles. The summed E-state index contributed by atoms with van der Waals surface area (Å²) in [7, 11) is -3.94. The molecule has 0 amide bonds. The van der Waals surface area contributed by atoms with E-state index in [0.29, 0.717) is 0 Å². The van der Waals surface area contributed by atoms with Gasteiger partial charge in [0.05, 0.1) is 15.2 Å². The summed E-state index contributed by atoms with van der Waals surface area (Å²) in [6.45, 7) is 0. The van der Waals surface area contributed by atoms with Gasteiger partial charge in [0.1, 0.15) is 19.3 Å². The summed E-state index contributed by atoms with van der Waals surface area (Å²) in [6.07, 6.45) is 0. The molecule has 0 saturated carbocycles. The molecule has 0 aliphatic carbocycles. The van der Waals surface area contributed by atoms with Crippen LogP contribution in [0.15, 0.2) is 27.6 Å². The van der Waals surface area contributed by atoms with Crippen LogP contribution in [-0.2, 0) is 10.0 Å². The predicted molar refractivity (Wildman–Crippen MR) is 86.0 cm³/mol. The van der Waals surface area contributed by atoms with E-state index in [1.165, 1.54) is 18.2 Å². The summed E-state index contributed by atoms with van der Waals surface area (Å²) in [5.74, 6) is -0.236. The molecule has 108 valence electrons. The second-order valence-electron chi connectivity index (χ2n) is 3.56. The third kappa shape index (κ3) is 3.18. The van der Waals surface area contributed by atoms with Gasteiger partial charge in [0.25, 0.3) is 10.0 Å². The van der Waals surface area contributed by atoms with Gasteiger partial charge in [0.15, 0.2) is 0 Å². The Morgan fingerprint density at radius 1 is 1.20 bits per heavy atom. The molecule has 0 radical (unpaired) electrons. The summed E-state index contributed by atoms with van der Waals surface area (Å²) in [5, 5.41) is 9.58. The van der Waals surface area contributed by atoms with Crippen LogP contribution in [0.1, 0.15) is 0 Å². The molecule has 2 aromatic rings. The molecule has 10 heteroatoms. The summed E-state index contributed by atoms with van der Waals surface area (Å²) < 4.78 is 27.3. The number of benzene rings is 1. The lowest BCUT2D eigenvalue weighted by molar-refractivity contribution is 0.476. The highest BCUT2D eigenvalue weighted by atomic mass is 79.9. The van der Waals surface area contributed by atoms with Crippen LogP contribution in [0.5, 0.6) is 5.75 Å². The summed E-state index contributed by atoms with van der Waals surface area (Å²) in [4.78, 5) is -0.149. The Balaban J connectivity index is 2.43. The third-order valence-electron chi connectivity index (χ3n) is 2.20. The Kier molecular flexibility index (Phi) is 4.78. The van der Waals surface area contributed by atoms with Crippen LogP contribution in [0.2, 0.25) is 13.7 Å². The van der Waals surface area contributed by atoms with Crippen LogP contribution in [0, 0.1) is 0 Å². The molecule has 0 unspecified atom stereocenters. The van der Waals surface area contributed by atoms with Crippen molar-refractivity contribution in [3.8, 4) is 5.75 Å². The van der Waals surface area contributed by atoms with E-state index in [9.17, 15) is 13.5 Å². The number of hydrogen-bond donors (Lipinski definition) is 2. The van der Waals surface area contributed by atoms with Crippen LogP contribution in [-0.4, -0.2) is 13.5 Å². The second kappa shape index (κ2) is 5.90. The molecule has 1 aromatic carbocycles. The fraction of sp³-hybridized carbons (Fsp3) is 0. The van der Waals surface area contributed by atoms with Crippen molar-refractivity contribution in [1.82, 2.24) is 0 Å². The number of phenols is 1. The lowest BCUT2D eigenvalue weighted by Gasteiger charge is -2.08. The Bertz CT molecular complexity index is 776. The molecule has 4 nitrogen and oxygen atoms in total. The van der Waals surface area contributed by atoms with Gasteiger partial charge in [-0.25, -0.2) is 8.42 Å². The Hall–Kier alpha value is -0.180. The number of halogens is 4. The highest BCUT2D eigenvalue weighted by Crippen LogP contribution is 2.43. The molecule has 0 aliphatic heterocycles. The normalized spacial score (nSPS) is 11.6. The maximum absolute atomic E-state index is 12.3. The summed E-state index contributed by atoms with van der Waals surface area (Å²) >= 11 is 21.4. The molecule has 0 aliphatic rings. The SMILES string of the molecule is O=S(=O)(Nc1ccc(Cl)c(O)c1)c1c(Cl)sc(Cl)c1Br. The van der Waals surface area contributed by atoms with Gasteiger partial charge in [-0.15, -0.1) is 11.3 Å². The number of rotatable bonds is 3. The molecule has 0 saturated heterocycles.